The third kappa shape index (κ3) is 4.81. The largest absolute Gasteiger partial charge is 0.393 e. The topological polar surface area (TPSA) is 149 Å². The molecule has 36 heavy (non-hydrogen) atoms. The Morgan fingerprint density at radius 3 is 2.61 bits per heavy atom. The van der Waals surface area contributed by atoms with E-state index in [-0.39, 0.29) is 49.5 Å². The van der Waals surface area contributed by atoms with E-state index in [4.69, 9.17) is 10.7 Å². The van der Waals surface area contributed by atoms with E-state index in [1.54, 1.807) is 12.4 Å². The van der Waals surface area contributed by atoms with Crippen LogP contribution in [0.5, 0.6) is 0 Å². The maximum Gasteiger partial charge on any atom is 0.286 e. The molecule has 4 N–H and O–H groups in total. The van der Waals surface area contributed by atoms with Crippen molar-refractivity contribution in [3.8, 4) is 0 Å². The van der Waals surface area contributed by atoms with Gasteiger partial charge in [-0.25, -0.2) is 32.9 Å². The predicted octanol–water partition coefficient (Wildman–Crippen LogP) is 2.14. The van der Waals surface area contributed by atoms with Crippen LogP contribution in [0.3, 0.4) is 0 Å². The molecule has 0 unspecified atom stereocenters. The Bertz CT molecular complexity index is 1250. The third-order valence-electron chi connectivity index (χ3n) is 7.15. The van der Waals surface area contributed by atoms with E-state index < -0.39 is 23.9 Å². The minimum Gasteiger partial charge on any atom is -0.393 e. The molecule has 11 nitrogen and oxygen atoms in total. The van der Waals surface area contributed by atoms with E-state index in [1.807, 2.05) is 13.8 Å². The number of rotatable bonds is 6. The van der Waals surface area contributed by atoms with Gasteiger partial charge in [-0.15, -0.1) is 0 Å². The van der Waals surface area contributed by atoms with Crippen LogP contribution >= 0.6 is 0 Å². The van der Waals surface area contributed by atoms with Gasteiger partial charge in [0.15, 0.2) is 5.82 Å². The zero-order chi connectivity index (χ0) is 25.6. The molecule has 1 saturated heterocycles. The maximum atomic E-state index is 14.0. The molecule has 3 aromatic rings. The summed E-state index contributed by atoms with van der Waals surface area (Å²) >= 11 is 0. The van der Waals surface area contributed by atoms with Crippen LogP contribution in [-0.4, -0.2) is 63.9 Å². The van der Waals surface area contributed by atoms with Crippen LogP contribution < -0.4 is 11.1 Å². The number of nitrogens with zero attached hydrogens (tertiary/aromatic N) is 7. The highest BCUT2D eigenvalue weighted by molar-refractivity contribution is 5.89. The smallest absolute Gasteiger partial charge is 0.286 e. The number of alkyl halides is 2. The number of carbonyl (C=O) groups excluding carboxylic acids is 1. The number of aromatic nitrogens is 7. The van der Waals surface area contributed by atoms with Gasteiger partial charge in [0.25, 0.3) is 11.7 Å². The number of nitrogens with one attached hydrogen (secondary N) is 1. The normalized spacial score (nSPS) is 23.8. The fourth-order valence-electron chi connectivity index (χ4n) is 5.23. The van der Waals surface area contributed by atoms with Gasteiger partial charge in [-0.2, -0.15) is 10.2 Å². The number of hydrogen-bond donors (Lipinski definition) is 3. The molecular weight excluding hydrogens is 472 g/mol. The number of imidazole rings is 1. The molecule has 194 valence electrons. The molecule has 1 aliphatic carbocycles. The Kier molecular flexibility index (Phi) is 6.45. The van der Waals surface area contributed by atoms with Crippen LogP contribution in [0.1, 0.15) is 98.2 Å². The van der Waals surface area contributed by atoms with Gasteiger partial charge >= 0.3 is 0 Å². The van der Waals surface area contributed by atoms with Crippen molar-refractivity contribution in [3.63, 3.8) is 0 Å². The first kappa shape index (κ1) is 24.6. The van der Waals surface area contributed by atoms with Crippen LogP contribution in [0.2, 0.25) is 0 Å². The summed E-state index contributed by atoms with van der Waals surface area (Å²) in [4.78, 5) is 25.9. The predicted molar refractivity (Wildman–Crippen MR) is 124 cm³/mol. The van der Waals surface area contributed by atoms with Crippen LogP contribution in [-0.2, 0) is 0 Å². The Morgan fingerprint density at radius 2 is 1.97 bits per heavy atom. The quantitative estimate of drug-likeness (QED) is 0.463. The summed E-state index contributed by atoms with van der Waals surface area (Å²) in [6.07, 6.45) is 4.24. The fourth-order valence-corrected chi connectivity index (χ4v) is 5.23. The highest BCUT2D eigenvalue weighted by Gasteiger charge is 2.41. The number of piperidine rings is 1. The molecule has 1 amide bonds. The van der Waals surface area contributed by atoms with Gasteiger partial charge in [0, 0.05) is 18.9 Å². The van der Waals surface area contributed by atoms with Crippen LogP contribution in [0.25, 0.3) is 5.78 Å². The van der Waals surface area contributed by atoms with Gasteiger partial charge in [0.2, 0.25) is 11.7 Å². The second-order valence-corrected chi connectivity index (χ2v) is 10.1. The summed E-state index contributed by atoms with van der Waals surface area (Å²) in [5.74, 6) is -3.42. The van der Waals surface area contributed by atoms with E-state index in [9.17, 15) is 18.7 Å². The number of fused-ring (bicyclic) bond motifs is 1. The lowest BCUT2D eigenvalue weighted by atomic mass is 9.77. The molecule has 1 saturated carbocycles. The zero-order valence-electron chi connectivity index (χ0n) is 20.3. The second-order valence-electron chi connectivity index (χ2n) is 10.1. The Morgan fingerprint density at radius 1 is 1.22 bits per heavy atom. The van der Waals surface area contributed by atoms with Crippen LogP contribution in [0, 0.1) is 5.92 Å². The average molecular weight is 504 g/mol. The molecule has 0 radical (unpaired) electrons. The number of amides is 1. The number of primary amides is 1. The van der Waals surface area contributed by atoms with Crippen molar-refractivity contribution < 1.29 is 18.7 Å². The number of halogens is 2. The van der Waals surface area contributed by atoms with Gasteiger partial charge in [-0.3, -0.25) is 4.79 Å². The van der Waals surface area contributed by atoms with Crippen molar-refractivity contribution in [2.24, 2.45) is 11.7 Å². The minimum absolute atomic E-state index is 0.0235. The molecule has 2 fully saturated rings. The highest BCUT2D eigenvalue weighted by Crippen LogP contribution is 2.44. The van der Waals surface area contributed by atoms with E-state index in [0.717, 1.165) is 0 Å². The molecule has 0 bridgehead atoms. The van der Waals surface area contributed by atoms with Crippen molar-refractivity contribution in [1.29, 1.82) is 0 Å². The number of carbonyl (C=O) groups is 1. The summed E-state index contributed by atoms with van der Waals surface area (Å²) in [5, 5.41) is 22.4. The molecule has 0 spiro atoms. The van der Waals surface area contributed by atoms with Crippen LogP contribution in [0.15, 0.2) is 12.4 Å². The standard InChI is InChI=1S/C23H31F2N9O2/c1-12(2)34-21(19(26)36)31-20(32-34)18(13-3-6-23(24,25)7-4-13)17-11-33-22(30-17)29-16(10-28-33)15-9-14(35)5-8-27-15/h10-15,18,27,35H,3-9H2,1-2H3,(H2,26,36)/t14-,15+,18-/m0/s1. The first-order valence-electron chi connectivity index (χ1n) is 12.4. The molecule has 3 atom stereocenters. The highest BCUT2D eigenvalue weighted by atomic mass is 19.3. The van der Waals surface area contributed by atoms with Gasteiger partial charge in [0.1, 0.15) is 0 Å². The van der Waals surface area contributed by atoms with Gasteiger partial charge < -0.3 is 16.2 Å². The number of hydrogen-bond acceptors (Lipinski definition) is 8. The zero-order valence-corrected chi connectivity index (χ0v) is 20.3. The molecule has 3 aromatic heterocycles. The first-order valence-corrected chi connectivity index (χ1v) is 12.4. The first-order chi connectivity index (χ1) is 17.1. The summed E-state index contributed by atoms with van der Waals surface area (Å²) in [7, 11) is 0. The molecule has 13 heteroatoms. The van der Waals surface area contributed by atoms with Crippen molar-refractivity contribution >= 4 is 11.7 Å². The molecule has 5 rings (SSSR count). The number of aliphatic hydroxyl groups excluding tert-OH is 1. The monoisotopic (exact) mass is 503 g/mol. The SMILES string of the molecule is CC(C)n1nc([C@H](c2cn3ncc([C@H]4C[C@@H](O)CCN4)nc3n2)C2CCC(F)(F)CC2)nc1C(N)=O. The third-order valence-corrected chi connectivity index (χ3v) is 7.15. The van der Waals surface area contributed by atoms with Crippen LogP contribution in [0.4, 0.5) is 8.78 Å². The molecule has 0 aromatic carbocycles. The molecule has 4 heterocycles. The number of aliphatic hydroxyl groups is 1. The minimum atomic E-state index is -2.70. The Hall–Kier alpha value is -3.06. The lowest BCUT2D eigenvalue weighted by molar-refractivity contribution is -0.0476. The van der Waals surface area contributed by atoms with E-state index in [1.165, 1.54) is 9.20 Å². The summed E-state index contributed by atoms with van der Waals surface area (Å²) < 4.78 is 31.0. The summed E-state index contributed by atoms with van der Waals surface area (Å²) in [6.45, 7) is 4.40. The van der Waals surface area contributed by atoms with Gasteiger partial charge in [-0.1, -0.05) is 0 Å². The molecule has 1 aliphatic heterocycles. The van der Waals surface area contributed by atoms with E-state index in [2.05, 4.69) is 25.5 Å². The molecule has 2 aliphatic rings. The van der Waals surface area contributed by atoms with Crippen molar-refractivity contribution in [2.75, 3.05) is 6.54 Å². The lowest BCUT2D eigenvalue weighted by Crippen LogP contribution is -2.34. The Labute approximate surface area is 206 Å². The fraction of sp³-hybridized carbons (Fsp3) is 0.652. The van der Waals surface area contributed by atoms with Crippen molar-refractivity contribution in [1.82, 2.24) is 39.7 Å². The van der Waals surface area contributed by atoms with Crippen molar-refractivity contribution in [3.05, 3.63) is 35.4 Å². The summed E-state index contributed by atoms with van der Waals surface area (Å²) in [5.41, 5.74) is 6.78. The van der Waals surface area contributed by atoms with E-state index >= 15 is 0 Å². The Balaban J connectivity index is 1.54. The van der Waals surface area contributed by atoms with Gasteiger partial charge in [0.05, 0.1) is 41.8 Å². The number of nitrogens with two attached hydrogens (primary N) is 1. The van der Waals surface area contributed by atoms with E-state index in [0.29, 0.717) is 42.4 Å². The average Bonchev–Trinajstić information content (AvgIpc) is 3.45. The molecular formula is C23H31F2N9O2. The maximum absolute atomic E-state index is 14.0. The lowest BCUT2D eigenvalue weighted by Gasteiger charge is -2.31. The van der Waals surface area contributed by atoms with Gasteiger partial charge in [-0.05, 0) is 52.0 Å². The van der Waals surface area contributed by atoms with Crippen molar-refractivity contribution in [2.45, 2.75) is 82.4 Å². The summed E-state index contributed by atoms with van der Waals surface area (Å²) in [6, 6.07) is -0.306. The second kappa shape index (κ2) is 9.43.